The lowest BCUT2D eigenvalue weighted by Crippen LogP contribution is -2.32. The van der Waals surface area contributed by atoms with Crippen LogP contribution in [-0.4, -0.2) is 52.3 Å². The van der Waals surface area contributed by atoms with Gasteiger partial charge in [-0.05, 0) is 56.2 Å². The number of carbonyl (C=O) groups is 3. The van der Waals surface area contributed by atoms with Crippen LogP contribution >= 0.6 is 45.3 Å². The highest BCUT2D eigenvalue weighted by Gasteiger charge is 2.37. The topological polar surface area (TPSA) is 77.9 Å². The lowest BCUT2D eigenvalue weighted by atomic mass is 10.1. The third kappa shape index (κ3) is 6.94. The van der Waals surface area contributed by atoms with Gasteiger partial charge in [-0.2, -0.15) is 0 Å². The molecule has 234 valence electrons. The zero-order valence-corrected chi connectivity index (χ0v) is 28.9. The number of unbranched alkanes of at least 4 members (excludes halogenated alkanes) is 6. The van der Waals surface area contributed by atoms with Crippen LogP contribution in [0.1, 0.15) is 107 Å². The first-order valence-electron chi connectivity index (χ1n) is 15.6. The molecular formula is C34H40N2O4S4. The van der Waals surface area contributed by atoms with E-state index in [9.17, 15) is 19.5 Å². The van der Waals surface area contributed by atoms with E-state index in [1.165, 1.54) is 34.0 Å². The van der Waals surface area contributed by atoms with E-state index in [2.05, 4.69) is 38.1 Å². The molecule has 1 aliphatic rings. The van der Waals surface area contributed by atoms with Crippen LogP contribution in [0.25, 0.3) is 29.3 Å². The highest BCUT2D eigenvalue weighted by Crippen LogP contribution is 2.45. The van der Waals surface area contributed by atoms with Crippen molar-refractivity contribution in [3.05, 3.63) is 57.3 Å². The molecule has 0 radical (unpaired) electrons. The van der Waals surface area contributed by atoms with Crippen LogP contribution in [0.15, 0.2) is 36.4 Å². The van der Waals surface area contributed by atoms with Gasteiger partial charge >= 0.3 is 0 Å². The summed E-state index contributed by atoms with van der Waals surface area (Å²) in [5, 5.41) is 10.1. The third-order valence-corrected chi connectivity index (χ3v) is 13.0. The Morgan fingerprint density at radius 1 is 0.727 bits per heavy atom. The summed E-state index contributed by atoms with van der Waals surface area (Å²) in [5.41, 5.74) is 1.14. The number of nitrogens with zero attached hydrogens (tertiary/aromatic N) is 2. The molecule has 1 aliphatic heterocycles. The van der Waals surface area contributed by atoms with E-state index in [1.807, 2.05) is 24.0 Å². The standard InChI is InChI=1S/C34H40N2O4S4/c1-4-7-9-11-17-35(6-3)32(38)22-19-28(43-30(22)21-37)26-15-13-24(41-26)25-14-16-27(42-25)29-20-23-31(44-29)34(40)36(33(23)39)18-12-10-8-5-2/h13-16,19-20,37H,4-12,17-18,21H2,1-3H3. The minimum Gasteiger partial charge on any atom is -0.391 e. The number of amides is 3. The van der Waals surface area contributed by atoms with Crippen molar-refractivity contribution in [2.45, 2.75) is 78.7 Å². The van der Waals surface area contributed by atoms with Gasteiger partial charge in [0.05, 0.1) is 17.7 Å². The van der Waals surface area contributed by atoms with Gasteiger partial charge in [-0.25, -0.2) is 0 Å². The largest absolute Gasteiger partial charge is 0.391 e. The zero-order valence-electron chi connectivity index (χ0n) is 25.6. The number of aliphatic hydroxyl groups excluding tert-OH is 1. The molecule has 10 heteroatoms. The first-order valence-corrected chi connectivity index (χ1v) is 18.9. The summed E-state index contributed by atoms with van der Waals surface area (Å²) in [5.74, 6) is -0.333. The van der Waals surface area contributed by atoms with E-state index in [1.54, 1.807) is 22.7 Å². The molecule has 0 aromatic carbocycles. The van der Waals surface area contributed by atoms with Gasteiger partial charge in [0.15, 0.2) is 0 Å². The van der Waals surface area contributed by atoms with Gasteiger partial charge in [0.1, 0.15) is 4.88 Å². The van der Waals surface area contributed by atoms with Gasteiger partial charge in [-0.15, -0.1) is 45.3 Å². The summed E-state index contributed by atoms with van der Waals surface area (Å²) >= 11 is 6.21. The summed E-state index contributed by atoms with van der Waals surface area (Å²) in [4.78, 5) is 50.2. The fourth-order valence-corrected chi connectivity index (χ4v) is 9.82. The van der Waals surface area contributed by atoms with E-state index >= 15 is 0 Å². The molecule has 0 aliphatic carbocycles. The Labute approximate surface area is 276 Å². The van der Waals surface area contributed by atoms with Crippen molar-refractivity contribution in [1.82, 2.24) is 9.80 Å². The second-order valence-corrected chi connectivity index (χ2v) is 15.4. The number of hydrogen-bond donors (Lipinski definition) is 1. The van der Waals surface area contributed by atoms with E-state index < -0.39 is 0 Å². The number of imide groups is 1. The average molecular weight is 669 g/mol. The predicted molar refractivity (Wildman–Crippen MR) is 185 cm³/mol. The number of fused-ring (bicyclic) bond motifs is 1. The van der Waals surface area contributed by atoms with Crippen molar-refractivity contribution in [2.24, 2.45) is 0 Å². The van der Waals surface area contributed by atoms with Gasteiger partial charge in [0.2, 0.25) is 0 Å². The molecule has 44 heavy (non-hydrogen) atoms. The Kier molecular flexibility index (Phi) is 11.2. The maximum absolute atomic E-state index is 13.4. The smallest absolute Gasteiger partial charge is 0.271 e. The molecule has 0 spiro atoms. The lowest BCUT2D eigenvalue weighted by Gasteiger charge is -2.21. The summed E-state index contributed by atoms with van der Waals surface area (Å²) in [6, 6.07) is 12.1. The van der Waals surface area contributed by atoms with Crippen LogP contribution in [0.2, 0.25) is 0 Å². The molecule has 0 atom stereocenters. The summed E-state index contributed by atoms with van der Waals surface area (Å²) in [6.45, 7) is 8.06. The van der Waals surface area contributed by atoms with E-state index in [4.69, 9.17) is 0 Å². The molecule has 4 aromatic rings. The van der Waals surface area contributed by atoms with Crippen LogP contribution in [0.4, 0.5) is 0 Å². The second-order valence-electron chi connectivity index (χ2n) is 11.1. The van der Waals surface area contributed by atoms with Gasteiger partial charge in [0, 0.05) is 53.8 Å². The second kappa shape index (κ2) is 15.1. The molecule has 1 N–H and O–H groups in total. The predicted octanol–water partition coefficient (Wildman–Crippen LogP) is 9.64. The molecule has 0 fully saturated rings. The summed E-state index contributed by atoms with van der Waals surface area (Å²) in [7, 11) is 0. The molecule has 5 rings (SSSR count). The molecule has 0 unspecified atom stereocenters. The maximum Gasteiger partial charge on any atom is 0.271 e. The fourth-order valence-electron chi connectivity index (χ4n) is 5.45. The van der Waals surface area contributed by atoms with Crippen molar-refractivity contribution in [3.63, 3.8) is 0 Å². The molecular weight excluding hydrogens is 629 g/mol. The Morgan fingerprint density at radius 3 is 1.89 bits per heavy atom. The maximum atomic E-state index is 13.4. The van der Waals surface area contributed by atoms with Crippen molar-refractivity contribution in [3.8, 4) is 29.3 Å². The SMILES string of the molecule is CCCCCCN(CC)C(=O)c1cc(-c2ccc(-c3ccc(-c4cc5c(s4)C(=O)N(CCCCCC)C5=O)s3)s2)sc1CO. The quantitative estimate of drug-likeness (QED) is 0.0953. The van der Waals surface area contributed by atoms with E-state index in [0.717, 1.165) is 80.8 Å². The summed E-state index contributed by atoms with van der Waals surface area (Å²) in [6.07, 6.45) is 8.56. The molecule has 0 saturated carbocycles. The van der Waals surface area contributed by atoms with Crippen molar-refractivity contribution in [1.29, 1.82) is 0 Å². The molecule has 5 heterocycles. The fraction of sp³-hybridized carbons (Fsp3) is 0.441. The Bertz CT molecular complexity index is 1580. The molecule has 6 nitrogen and oxygen atoms in total. The highest BCUT2D eigenvalue weighted by molar-refractivity contribution is 7.28. The van der Waals surface area contributed by atoms with Crippen molar-refractivity contribution >= 4 is 63.1 Å². The van der Waals surface area contributed by atoms with Crippen LogP contribution < -0.4 is 0 Å². The van der Waals surface area contributed by atoms with Crippen LogP contribution in [0.5, 0.6) is 0 Å². The molecule has 0 saturated heterocycles. The van der Waals surface area contributed by atoms with Gasteiger partial charge in [-0.3, -0.25) is 19.3 Å². The number of rotatable bonds is 16. The first kappa shape index (κ1) is 32.8. The monoisotopic (exact) mass is 668 g/mol. The van der Waals surface area contributed by atoms with Crippen LogP contribution in [0, 0.1) is 0 Å². The van der Waals surface area contributed by atoms with Crippen LogP contribution in [0.3, 0.4) is 0 Å². The number of aliphatic hydroxyl groups is 1. The van der Waals surface area contributed by atoms with Crippen molar-refractivity contribution in [2.75, 3.05) is 19.6 Å². The first-order chi connectivity index (χ1) is 21.4. The van der Waals surface area contributed by atoms with E-state index in [-0.39, 0.29) is 24.3 Å². The van der Waals surface area contributed by atoms with Crippen LogP contribution in [-0.2, 0) is 6.61 Å². The molecule has 4 aromatic heterocycles. The normalized spacial score (nSPS) is 12.9. The number of carbonyl (C=O) groups excluding carboxylic acids is 3. The minimum atomic E-state index is -0.168. The average Bonchev–Trinajstić information content (AvgIpc) is 3.85. The van der Waals surface area contributed by atoms with E-state index in [0.29, 0.717) is 34.0 Å². The Morgan fingerprint density at radius 2 is 1.32 bits per heavy atom. The molecule has 3 amide bonds. The number of thiophene rings is 4. The zero-order chi connectivity index (χ0) is 31.2. The minimum absolute atomic E-state index is 0.00495. The molecule has 0 bridgehead atoms. The summed E-state index contributed by atoms with van der Waals surface area (Å²) < 4.78 is 0. The third-order valence-electron chi connectivity index (χ3n) is 7.96. The Balaban J connectivity index is 1.29. The van der Waals surface area contributed by atoms with Crippen molar-refractivity contribution < 1.29 is 19.5 Å². The number of hydrogen-bond acceptors (Lipinski definition) is 8. The van der Waals surface area contributed by atoms with Gasteiger partial charge in [-0.1, -0.05) is 52.4 Å². The van der Waals surface area contributed by atoms with Gasteiger partial charge < -0.3 is 10.0 Å². The highest BCUT2D eigenvalue weighted by atomic mass is 32.1. The Hall–Kier alpha value is -2.63. The van der Waals surface area contributed by atoms with Gasteiger partial charge in [0.25, 0.3) is 17.7 Å². The lowest BCUT2D eigenvalue weighted by molar-refractivity contribution is 0.0651.